The van der Waals surface area contributed by atoms with Gasteiger partial charge in [-0.3, -0.25) is 14.3 Å². The van der Waals surface area contributed by atoms with E-state index >= 15 is 0 Å². The van der Waals surface area contributed by atoms with E-state index in [9.17, 15) is 14.0 Å². The Morgan fingerprint density at radius 2 is 2.03 bits per heavy atom. The highest BCUT2D eigenvalue weighted by Gasteiger charge is 2.23. The van der Waals surface area contributed by atoms with Crippen LogP contribution in [0.3, 0.4) is 0 Å². The zero-order valence-electron chi connectivity index (χ0n) is 16.2. The van der Waals surface area contributed by atoms with E-state index in [1.807, 2.05) is 4.90 Å². The van der Waals surface area contributed by atoms with E-state index in [1.165, 1.54) is 24.5 Å². The lowest BCUT2D eigenvalue weighted by Gasteiger charge is -2.32. The summed E-state index contributed by atoms with van der Waals surface area (Å²) in [6.07, 6.45) is 7.37. The van der Waals surface area contributed by atoms with Gasteiger partial charge in [0.15, 0.2) is 0 Å². The van der Waals surface area contributed by atoms with Crippen molar-refractivity contribution in [3.05, 3.63) is 41.7 Å². The second kappa shape index (κ2) is 10.3. The Balaban J connectivity index is 1.32. The number of nitrogens with zero attached hydrogens (tertiary/aromatic N) is 4. The number of rotatable bonds is 8. The van der Waals surface area contributed by atoms with Gasteiger partial charge >= 0.3 is 0 Å². The van der Waals surface area contributed by atoms with Crippen molar-refractivity contribution in [1.82, 2.24) is 19.7 Å². The number of benzene rings is 1. The topological polar surface area (TPSA) is 80.1 Å². The molecule has 1 aromatic heterocycles. The van der Waals surface area contributed by atoms with Crippen LogP contribution >= 0.6 is 11.6 Å². The number of halogens is 2. The van der Waals surface area contributed by atoms with Crippen molar-refractivity contribution in [3.63, 3.8) is 0 Å². The first kappa shape index (κ1) is 21.2. The summed E-state index contributed by atoms with van der Waals surface area (Å²) < 4.78 is 14.9. The SMILES string of the molecule is O=C(CCC1CCN(C(=O)CCCn2cncn2)CC1)Nc1ccc(F)c(Cl)c1. The Bertz CT molecular complexity index is 822. The molecule has 0 bridgehead atoms. The second-order valence-electron chi connectivity index (χ2n) is 7.30. The monoisotopic (exact) mass is 421 g/mol. The van der Waals surface area contributed by atoms with Gasteiger partial charge in [-0.25, -0.2) is 9.37 Å². The summed E-state index contributed by atoms with van der Waals surface area (Å²) in [6.45, 7) is 2.17. The van der Waals surface area contributed by atoms with E-state index in [2.05, 4.69) is 15.4 Å². The van der Waals surface area contributed by atoms with E-state index in [0.717, 1.165) is 38.8 Å². The van der Waals surface area contributed by atoms with Crippen molar-refractivity contribution >= 4 is 29.1 Å². The van der Waals surface area contributed by atoms with Crippen LogP contribution < -0.4 is 5.32 Å². The summed E-state index contributed by atoms with van der Waals surface area (Å²) in [4.78, 5) is 30.2. The van der Waals surface area contributed by atoms with Crippen LogP contribution in [0.4, 0.5) is 10.1 Å². The summed E-state index contributed by atoms with van der Waals surface area (Å²) in [5.74, 6) is -0.0186. The molecular formula is C20H25ClFN5O2. The molecule has 1 N–H and O–H groups in total. The summed E-state index contributed by atoms with van der Waals surface area (Å²) in [6, 6.07) is 4.13. The minimum absolute atomic E-state index is 0.0128. The molecule has 1 aliphatic rings. The van der Waals surface area contributed by atoms with Crippen LogP contribution in [0.2, 0.25) is 5.02 Å². The van der Waals surface area contributed by atoms with Crippen molar-refractivity contribution in [2.45, 2.75) is 45.1 Å². The van der Waals surface area contributed by atoms with Crippen LogP contribution in [0.15, 0.2) is 30.9 Å². The smallest absolute Gasteiger partial charge is 0.224 e. The van der Waals surface area contributed by atoms with Crippen molar-refractivity contribution in [3.8, 4) is 0 Å². The summed E-state index contributed by atoms with van der Waals surface area (Å²) in [5.41, 5.74) is 0.493. The van der Waals surface area contributed by atoms with Gasteiger partial charge in [0.2, 0.25) is 11.8 Å². The molecule has 2 amide bonds. The second-order valence-corrected chi connectivity index (χ2v) is 7.71. The van der Waals surface area contributed by atoms with Gasteiger partial charge in [-0.05, 0) is 49.8 Å². The molecule has 0 aliphatic carbocycles. The predicted octanol–water partition coefficient (Wildman–Crippen LogP) is 3.51. The quantitative estimate of drug-likeness (QED) is 0.707. The third kappa shape index (κ3) is 6.52. The third-order valence-electron chi connectivity index (χ3n) is 5.19. The Hall–Kier alpha value is -2.48. The standard InChI is InChI=1S/C20H25ClFN5O2/c21-17-12-16(4-5-18(17)22)25-19(28)6-3-15-7-10-26(11-8-15)20(29)2-1-9-27-14-23-13-24-27/h4-5,12-15H,1-3,6-11H2,(H,25,28). The Labute approximate surface area is 174 Å². The number of amides is 2. The van der Waals surface area contributed by atoms with Gasteiger partial charge < -0.3 is 10.2 Å². The summed E-state index contributed by atoms with van der Waals surface area (Å²) >= 11 is 5.73. The fourth-order valence-electron chi connectivity index (χ4n) is 3.50. The van der Waals surface area contributed by atoms with Crippen molar-refractivity contribution < 1.29 is 14.0 Å². The zero-order chi connectivity index (χ0) is 20.6. The number of likely N-dealkylation sites (tertiary alicyclic amines) is 1. The highest BCUT2D eigenvalue weighted by atomic mass is 35.5. The molecule has 7 nitrogen and oxygen atoms in total. The van der Waals surface area contributed by atoms with E-state index in [0.29, 0.717) is 31.0 Å². The Kier molecular flexibility index (Phi) is 7.57. The maximum atomic E-state index is 13.2. The lowest BCUT2D eigenvalue weighted by Crippen LogP contribution is -2.38. The Morgan fingerprint density at radius 1 is 1.24 bits per heavy atom. The van der Waals surface area contributed by atoms with Gasteiger partial charge in [0.1, 0.15) is 18.5 Å². The average molecular weight is 422 g/mol. The van der Waals surface area contributed by atoms with Crippen LogP contribution in [-0.2, 0) is 16.1 Å². The number of aryl methyl sites for hydroxylation is 1. The minimum Gasteiger partial charge on any atom is -0.343 e. The van der Waals surface area contributed by atoms with Gasteiger partial charge in [0.05, 0.1) is 5.02 Å². The van der Waals surface area contributed by atoms with Crippen molar-refractivity contribution in [2.24, 2.45) is 5.92 Å². The Morgan fingerprint density at radius 3 is 2.72 bits per heavy atom. The van der Waals surface area contributed by atoms with E-state index in [4.69, 9.17) is 11.6 Å². The first-order valence-corrected chi connectivity index (χ1v) is 10.2. The molecule has 0 unspecified atom stereocenters. The highest BCUT2D eigenvalue weighted by molar-refractivity contribution is 6.31. The lowest BCUT2D eigenvalue weighted by atomic mass is 9.92. The van der Waals surface area contributed by atoms with Gasteiger partial charge in [0.25, 0.3) is 0 Å². The molecule has 2 aromatic rings. The number of carbonyl (C=O) groups excluding carboxylic acids is 2. The fraction of sp³-hybridized carbons (Fsp3) is 0.500. The van der Waals surface area contributed by atoms with E-state index < -0.39 is 5.82 Å². The van der Waals surface area contributed by atoms with Crippen LogP contribution in [0.1, 0.15) is 38.5 Å². The molecule has 1 saturated heterocycles. The van der Waals surface area contributed by atoms with E-state index in [-0.39, 0.29) is 16.8 Å². The summed E-state index contributed by atoms with van der Waals surface area (Å²) in [5, 5.41) is 6.76. The molecule has 1 aliphatic heterocycles. The number of nitrogens with one attached hydrogen (secondary N) is 1. The molecule has 0 spiro atoms. The molecule has 3 rings (SSSR count). The van der Waals surface area contributed by atoms with Gasteiger partial charge in [-0.1, -0.05) is 11.6 Å². The number of aromatic nitrogens is 3. The van der Waals surface area contributed by atoms with Crippen molar-refractivity contribution in [1.29, 1.82) is 0 Å². The van der Waals surface area contributed by atoms with Gasteiger partial charge in [0, 0.05) is 38.2 Å². The first-order chi connectivity index (χ1) is 14.0. The third-order valence-corrected chi connectivity index (χ3v) is 5.48. The van der Waals surface area contributed by atoms with Crippen LogP contribution in [0.5, 0.6) is 0 Å². The van der Waals surface area contributed by atoms with Crippen LogP contribution in [0.25, 0.3) is 0 Å². The maximum absolute atomic E-state index is 13.2. The zero-order valence-corrected chi connectivity index (χ0v) is 16.9. The predicted molar refractivity (Wildman–Crippen MR) is 108 cm³/mol. The average Bonchev–Trinajstić information content (AvgIpc) is 3.23. The molecule has 1 fully saturated rings. The molecule has 29 heavy (non-hydrogen) atoms. The fourth-order valence-corrected chi connectivity index (χ4v) is 3.68. The van der Waals surface area contributed by atoms with Gasteiger partial charge in [-0.15, -0.1) is 0 Å². The normalized spacial score (nSPS) is 14.8. The number of hydrogen-bond donors (Lipinski definition) is 1. The van der Waals surface area contributed by atoms with E-state index in [1.54, 1.807) is 11.0 Å². The van der Waals surface area contributed by atoms with Crippen LogP contribution in [0, 0.1) is 11.7 Å². The lowest BCUT2D eigenvalue weighted by molar-refractivity contribution is -0.133. The molecule has 2 heterocycles. The van der Waals surface area contributed by atoms with Crippen molar-refractivity contribution in [2.75, 3.05) is 18.4 Å². The molecule has 0 saturated carbocycles. The minimum atomic E-state index is -0.510. The number of anilines is 1. The largest absolute Gasteiger partial charge is 0.343 e. The first-order valence-electron chi connectivity index (χ1n) is 9.86. The molecule has 0 atom stereocenters. The number of hydrogen-bond acceptors (Lipinski definition) is 4. The highest BCUT2D eigenvalue weighted by Crippen LogP contribution is 2.24. The van der Waals surface area contributed by atoms with Gasteiger partial charge in [-0.2, -0.15) is 5.10 Å². The maximum Gasteiger partial charge on any atom is 0.224 e. The number of carbonyl (C=O) groups is 2. The molecule has 1 aromatic carbocycles. The van der Waals surface area contributed by atoms with Crippen LogP contribution in [-0.4, -0.2) is 44.6 Å². The number of piperidine rings is 1. The molecule has 156 valence electrons. The molecule has 9 heteroatoms. The summed E-state index contributed by atoms with van der Waals surface area (Å²) in [7, 11) is 0. The molecule has 0 radical (unpaired) electrons. The molecular weight excluding hydrogens is 397 g/mol.